The second kappa shape index (κ2) is 4.96. The van der Waals surface area contributed by atoms with Crippen molar-refractivity contribution in [3.63, 3.8) is 0 Å². The van der Waals surface area contributed by atoms with E-state index >= 15 is 0 Å². The Hall–Kier alpha value is -1.58. The minimum absolute atomic E-state index is 0.661. The van der Waals surface area contributed by atoms with Crippen LogP contribution in [0, 0.1) is 0 Å². The van der Waals surface area contributed by atoms with Gasteiger partial charge in [-0.1, -0.05) is 19.4 Å². The molecule has 0 bridgehead atoms. The highest BCUT2D eigenvalue weighted by Gasteiger charge is 2.19. The molecule has 2 rings (SSSR count). The molecule has 1 aromatic rings. The van der Waals surface area contributed by atoms with Crippen molar-refractivity contribution in [3.05, 3.63) is 24.4 Å². The van der Waals surface area contributed by atoms with E-state index in [0.717, 1.165) is 11.7 Å². The Morgan fingerprint density at radius 2 is 2.38 bits per heavy atom. The van der Waals surface area contributed by atoms with Crippen LogP contribution in [0.15, 0.2) is 23.7 Å². The van der Waals surface area contributed by atoms with Crippen molar-refractivity contribution in [2.24, 2.45) is 4.99 Å². The predicted molar refractivity (Wildman–Crippen MR) is 67.0 cm³/mol. The van der Waals surface area contributed by atoms with E-state index in [-0.39, 0.29) is 0 Å². The fourth-order valence-electron chi connectivity index (χ4n) is 2.18. The highest BCUT2D eigenvalue weighted by Crippen LogP contribution is 2.33. The van der Waals surface area contributed by atoms with Crippen molar-refractivity contribution in [1.82, 2.24) is 10.2 Å². The van der Waals surface area contributed by atoms with E-state index in [0.29, 0.717) is 5.92 Å². The highest BCUT2D eigenvalue weighted by molar-refractivity contribution is 6.02. The van der Waals surface area contributed by atoms with Gasteiger partial charge < -0.3 is 5.32 Å². The van der Waals surface area contributed by atoms with Crippen LogP contribution in [-0.2, 0) is 0 Å². The monoisotopic (exact) mass is 218 g/mol. The van der Waals surface area contributed by atoms with Crippen LogP contribution in [0.4, 0.5) is 5.82 Å². The normalized spacial score (nSPS) is 17.7. The summed E-state index contributed by atoms with van der Waals surface area (Å²) < 4.78 is 0. The molecule has 86 valence electrons. The Morgan fingerprint density at radius 3 is 3.00 bits per heavy atom. The molecule has 16 heavy (non-hydrogen) atoms. The van der Waals surface area contributed by atoms with Gasteiger partial charge in [0.25, 0.3) is 0 Å². The van der Waals surface area contributed by atoms with Crippen LogP contribution < -0.4 is 5.32 Å². The van der Waals surface area contributed by atoms with Gasteiger partial charge in [0.15, 0.2) is 5.82 Å². The highest BCUT2D eigenvalue weighted by atomic mass is 15.2. The Bertz CT molecular complexity index is 385. The van der Waals surface area contributed by atoms with Crippen LogP contribution in [-0.4, -0.2) is 23.1 Å². The Labute approximate surface area is 95.9 Å². The molecule has 1 aliphatic rings. The molecule has 0 saturated heterocycles. The van der Waals surface area contributed by atoms with Crippen LogP contribution in [0.25, 0.3) is 0 Å². The zero-order chi connectivity index (χ0) is 11.4. The summed E-state index contributed by atoms with van der Waals surface area (Å²) in [7, 11) is 1.73. The Balaban J connectivity index is 2.04. The first-order valence-corrected chi connectivity index (χ1v) is 5.75. The molecule has 1 aliphatic carbocycles. The minimum Gasteiger partial charge on any atom is -0.324 e. The molecule has 2 N–H and O–H groups in total. The van der Waals surface area contributed by atoms with E-state index in [1.807, 2.05) is 0 Å². The van der Waals surface area contributed by atoms with Gasteiger partial charge in [-0.05, 0) is 18.9 Å². The molecular formula is C12H18N4. The quantitative estimate of drug-likeness (QED) is 0.605. The molecular weight excluding hydrogens is 200 g/mol. The molecule has 0 spiro atoms. The molecule has 1 fully saturated rings. The SMILES string of the molecule is C=C/C(=N\C)Nc1cc(C2CCCC2)[nH]n1. The molecule has 1 aromatic heterocycles. The molecule has 0 amide bonds. The van der Waals surface area contributed by atoms with Gasteiger partial charge in [0.1, 0.15) is 5.84 Å². The zero-order valence-electron chi connectivity index (χ0n) is 9.66. The van der Waals surface area contributed by atoms with E-state index < -0.39 is 0 Å². The molecule has 0 unspecified atom stereocenters. The lowest BCUT2D eigenvalue weighted by Crippen LogP contribution is -2.08. The van der Waals surface area contributed by atoms with E-state index in [4.69, 9.17) is 0 Å². The van der Waals surface area contributed by atoms with Gasteiger partial charge in [-0.25, -0.2) is 0 Å². The Morgan fingerprint density at radius 1 is 1.62 bits per heavy atom. The summed E-state index contributed by atoms with van der Waals surface area (Å²) in [6.07, 6.45) is 6.90. The summed E-state index contributed by atoms with van der Waals surface area (Å²) in [5.74, 6) is 2.22. The number of anilines is 1. The van der Waals surface area contributed by atoms with Crippen LogP contribution in [0.5, 0.6) is 0 Å². The summed E-state index contributed by atoms with van der Waals surface area (Å²) in [5, 5.41) is 10.4. The second-order valence-corrected chi connectivity index (χ2v) is 4.13. The van der Waals surface area contributed by atoms with Crippen molar-refractivity contribution in [3.8, 4) is 0 Å². The molecule has 0 radical (unpaired) electrons. The number of aromatic amines is 1. The van der Waals surface area contributed by atoms with Gasteiger partial charge in [0.05, 0.1) is 0 Å². The van der Waals surface area contributed by atoms with Gasteiger partial charge in [-0.2, -0.15) is 5.10 Å². The molecule has 1 heterocycles. The standard InChI is InChI=1S/C12H18N4/c1-3-11(13-2)14-12-8-10(15-16-12)9-6-4-5-7-9/h3,8-9H,1,4-7H2,2H3,(H2,13,14,15,16). The van der Waals surface area contributed by atoms with E-state index in [1.165, 1.54) is 31.4 Å². The lowest BCUT2D eigenvalue weighted by atomic mass is 10.0. The van der Waals surface area contributed by atoms with E-state index in [9.17, 15) is 0 Å². The summed E-state index contributed by atoms with van der Waals surface area (Å²) in [6.45, 7) is 3.68. The number of H-pyrrole nitrogens is 1. The summed E-state index contributed by atoms with van der Waals surface area (Å²) in [6, 6.07) is 2.07. The predicted octanol–water partition coefficient (Wildman–Crippen LogP) is 2.69. The lowest BCUT2D eigenvalue weighted by Gasteiger charge is -2.03. The third-order valence-corrected chi connectivity index (χ3v) is 3.08. The van der Waals surface area contributed by atoms with Crippen LogP contribution in [0.1, 0.15) is 37.3 Å². The van der Waals surface area contributed by atoms with Gasteiger partial charge in [0, 0.05) is 24.7 Å². The number of rotatable bonds is 3. The number of aromatic nitrogens is 2. The van der Waals surface area contributed by atoms with Crippen LogP contribution in [0.3, 0.4) is 0 Å². The molecule has 1 saturated carbocycles. The van der Waals surface area contributed by atoms with Crippen LogP contribution >= 0.6 is 0 Å². The number of hydrogen-bond acceptors (Lipinski definition) is 2. The number of nitrogens with zero attached hydrogens (tertiary/aromatic N) is 2. The molecule has 4 heteroatoms. The van der Waals surface area contributed by atoms with Crippen LogP contribution in [0.2, 0.25) is 0 Å². The summed E-state index contributed by atoms with van der Waals surface area (Å²) in [4.78, 5) is 4.04. The van der Waals surface area contributed by atoms with Crippen molar-refractivity contribution < 1.29 is 0 Å². The summed E-state index contributed by atoms with van der Waals surface area (Å²) in [5.41, 5.74) is 1.24. The van der Waals surface area contributed by atoms with E-state index in [1.54, 1.807) is 13.1 Å². The molecule has 0 atom stereocenters. The number of amidine groups is 1. The fraction of sp³-hybridized carbons (Fsp3) is 0.500. The number of nitrogens with one attached hydrogen (secondary N) is 2. The fourth-order valence-corrected chi connectivity index (χ4v) is 2.18. The van der Waals surface area contributed by atoms with Gasteiger partial charge in [0.2, 0.25) is 0 Å². The third kappa shape index (κ3) is 2.32. The van der Waals surface area contributed by atoms with Crippen molar-refractivity contribution in [2.45, 2.75) is 31.6 Å². The Kier molecular flexibility index (Phi) is 3.39. The van der Waals surface area contributed by atoms with Gasteiger partial charge >= 0.3 is 0 Å². The molecule has 0 aliphatic heterocycles. The topological polar surface area (TPSA) is 53.1 Å². The molecule has 4 nitrogen and oxygen atoms in total. The van der Waals surface area contributed by atoms with Crippen molar-refractivity contribution >= 4 is 11.7 Å². The summed E-state index contributed by atoms with van der Waals surface area (Å²) >= 11 is 0. The number of hydrogen-bond donors (Lipinski definition) is 2. The first-order chi connectivity index (χ1) is 7.83. The maximum absolute atomic E-state index is 4.23. The third-order valence-electron chi connectivity index (χ3n) is 3.08. The maximum Gasteiger partial charge on any atom is 0.153 e. The van der Waals surface area contributed by atoms with Gasteiger partial charge in [-0.15, -0.1) is 0 Å². The van der Waals surface area contributed by atoms with Gasteiger partial charge in [-0.3, -0.25) is 10.1 Å². The smallest absolute Gasteiger partial charge is 0.153 e. The van der Waals surface area contributed by atoms with Crippen molar-refractivity contribution in [1.29, 1.82) is 0 Å². The average Bonchev–Trinajstić information content (AvgIpc) is 2.96. The second-order valence-electron chi connectivity index (χ2n) is 4.13. The minimum atomic E-state index is 0.661. The average molecular weight is 218 g/mol. The first kappa shape index (κ1) is 10.9. The zero-order valence-corrected chi connectivity index (χ0v) is 9.66. The van der Waals surface area contributed by atoms with Crippen molar-refractivity contribution in [2.75, 3.05) is 12.4 Å². The molecule has 0 aromatic carbocycles. The number of aliphatic imine (C=N–C) groups is 1. The lowest BCUT2D eigenvalue weighted by molar-refractivity contribution is 0.693. The maximum atomic E-state index is 4.23. The van der Waals surface area contributed by atoms with E-state index in [2.05, 4.69) is 33.2 Å². The first-order valence-electron chi connectivity index (χ1n) is 5.75. The largest absolute Gasteiger partial charge is 0.324 e.